The van der Waals surface area contributed by atoms with Crippen LogP contribution >= 0.6 is 0 Å². The van der Waals surface area contributed by atoms with Crippen LogP contribution in [0.3, 0.4) is 0 Å². The number of nitriles is 1. The maximum absolute atomic E-state index is 13.8. The smallest absolute Gasteiger partial charge is 0.165 e. The Hall–Kier alpha value is -2.58. The van der Waals surface area contributed by atoms with Gasteiger partial charge in [-0.15, -0.1) is 0 Å². The van der Waals surface area contributed by atoms with Crippen LogP contribution in [0.15, 0.2) is 36.4 Å². The molecule has 0 saturated heterocycles. The summed E-state index contributed by atoms with van der Waals surface area (Å²) in [5, 5.41) is 9.04. The molecule has 5 heteroatoms. The molecule has 108 valence electrons. The molecule has 0 amide bonds. The van der Waals surface area contributed by atoms with E-state index < -0.39 is 5.82 Å². The minimum Gasteiger partial charge on any atom is -0.495 e. The minimum absolute atomic E-state index is 0.145. The van der Waals surface area contributed by atoms with Crippen LogP contribution in [-0.2, 0) is 13.2 Å². The highest BCUT2D eigenvalue weighted by Gasteiger charge is 2.10. The van der Waals surface area contributed by atoms with Crippen molar-refractivity contribution in [2.24, 2.45) is 5.73 Å². The third kappa shape index (κ3) is 3.30. The third-order valence-corrected chi connectivity index (χ3v) is 3.04. The first kappa shape index (κ1) is 14.8. The first-order valence-electron chi connectivity index (χ1n) is 6.37. The Morgan fingerprint density at radius 3 is 2.76 bits per heavy atom. The number of nitrogens with two attached hydrogens (primary N) is 1. The van der Waals surface area contributed by atoms with Gasteiger partial charge in [-0.1, -0.05) is 18.2 Å². The van der Waals surface area contributed by atoms with Crippen molar-refractivity contribution in [2.45, 2.75) is 13.2 Å². The molecule has 2 rings (SSSR count). The molecule has 4 nitrogen and oxygen atoms in total. The van der Waals surface area contributed by atoms with Gasteiger partial charge in [0, 0.05) is 12.1 Å². The summed E-state index contributed by atoms with van der Waals surface area (Å²) in [4.78, 5) is 0. The molecule has 0 atom stereocenters. The zero-order valence-corrected chi connectivity index (χ0v) is 11.6. The van der Waals surface area contributed by atoms with E-state index in [0.717, 1.165) is 5.56 Å². The van der Waals surface area contributed by atoms with Gasteiger partial charge in [-0.05, 0) is 23.8 Å². The first-order valence-corrected chi connectivity index (χ1v) is 6.37. The van der Waals surface area contributed by atoms with E-state index in [9.17, 15) is 4.39 Å². The van der Waals surface area contributed by atoms with Crippen LogP contribution in [0.2, 0.25) is 0 Å². The monoisotopic (exact) mass is 286 g/mol. The Morgan fingerprint density at radius 2 is 2.10 bits per heavy atom. The molecule has 0 radical (unpaired) electrons. The Morgan fingerprint density at radius 1 is 1.29 bits per heavy atom. The summed E-state index contributed by atoms with van der Waals surface area (Å²) in [5.74, 6) is 0.191. The van der Waals surface area contributed by atoms with Crippen LogP contribution in [0.5, 0.6) is 11.5 Å². The second-order valence-electron chi connectivity index (χ2n) is 4.37. The fraction of sp³-hybridized carbons (Fsp3) is 0.188. The summed E-state index contributed by atoms with van der Waals surface area (Å²) in [5.41, 5.74) is 7.32. The maximum Gasteiger partial charge on any atom is 0.165 e. The Balaban J connectivity index is 2.19. The zero-order chi connectivity index (χ0) is 15.2. The van der Waals surface area contributed by atoms with Gasteiger partial charge in [0.05, 0.1) is 12.7 Å². The first-order chi connectivity index (χ1) is 10.2. The fourth-order valence-electron chi connectivity index (χ4n) is 1.96. The molecule has 0 saturated carbocycles. The SMILES string of the molecule is COc1ccc(COc2c(F)cccc2CN)cc1C#N. The Bertz CT molecular complexity index is 680. The lowest BCUT2D eigenvalue weighted by atomic mass is 10.1. The molecule has 2 aromatic carbocycles. The fourth-order valence-corrected chi connectivity index (χ4v) is 1.96. The average Bonchev–Trinajstić information content (AvgIpc) is 2.53. The highest BCUT2D eigenvalue weighted by Crippen LogP contribution is 2.24. The molecule has 0 unspecified atom stereocenters. The van der Waals surface area contributed by atoms with Crippen LogP contribution in [-0.4, -0.2) is 7.11 Å². The molecule has 0 spiro atoms. The number of benzene rings is 2. The third-order valence-electron chi connectivity index (χ3n) is 3.04. The van der Waals surface area contributed by atoms with Gasteiger partial charge in [0.1, 0.15) is 18.4 Å². The quantitative estimate of drug-likeness (QED) is 0.917. The van der Waals surface area contributed by atoms with Crippen molar-refractivity contribution >= 4 is 0 Å². The number of hydrogen-bond acceptors (Lipinski definition) is 4. The minimum atomic E-state index is -0.452. The molecule has 0 heterocycles. The van der Waals surface area contributed by atoms with E-state index in [1.54, 1.807) is 30.3 Å². The zero-order valence-electron chi connectivity index (χ0n) is 11.6. The van der Waals surface area contributed by atoms with Gasteiger partial charge in [0.2, 0.25) is 0 Å². The van der Waals surface area contributed by atoms with E-state index in [1.165, 1.54) is 13.2 Å². The molecular formula is C16H15FN2O2. The molecule has 0 aliphatic rings. The molecule has 2 N–H and O–H groups in total. The number of para-hydroxylation sites is 1. The van der Waals surface area contributed by atoms with Gasteiger partial charge in [0.15, 0.2) is 11.6 Å². The van der Waals surface area contributed by atoms with Crippen LogP contribution in [0.4, 0.5) is 4.39 Å². The predicted molar refractivity (Wildman–Crippen MR) is 76.3 cm³/mol. The topological polar surface area (TPSA) is 68.3 Å². The van der Waals surface area contributed by atoms with Crippen LogP contribution in [0.1, 0.15) is 16.7 Å². The summed E-state index contributed by atoms with van der Waals surface area (Å²) < 4.78 is 24.3. The molecule has 2 aromatic rings. The van der Waals surface area contributed by atoms with Gasteiger partial charge in [-0.2, -0.15) is 5.26 Å². The number of hydrogen-bond donors (Lipinski definition) is 1. The van der Waals surface area contributed by atoms with E-state index in [0.29, 0.717) is 16.9 Å². The van der Waals surface area contributed by atoms with Gasteiger partial charge in [-0.3, -0.25) is 0 Å². The van der Waals surface area contributed by atoms with Crippen molar-refractivity contribution in [3.63, 3.8) is 0 Å². The van der Waals surface area contributed by atoms with Gasteiger partial charge in [0.25, 0.3) is 0 Å². The number of nitrogens with zero attached hydrogens (tertiary/aromatic N) is 1. The van der Waals surface area contributed by atoms with Gasteiger partial charge < -0.3 is 15.2 Å². The number of ether oxygens (including phenoxy) is 2. The molecule has 21 heavy (non-hydrogen) atoms. The van der Waals surface area contributed by atoms with Gasteiger partial charge in [-0.25, -0.2) is 4.39 Å². The summed E-state index contributed by atoms with van der Waals surface area (Å²) in [6.45, 7) is 0.339. The van der Waals surface area contributed by atoms with Crippen molar-refractivity contribution in [3.8, 4) is 17.6 Å². The summed E-state index contributed by atoms with van der Waals surface area (Å²) in [6, 6.07) is 11.8. The number of rotatable bonds is 5. The number of halogens is 1. The summed E-state index contributed by atoms with van der Waals surface area (Å²) in [7, 11) is 1.50. The molecule has 0 aliphatic heterocycles. The van der Waals surface area contributed by atoms with E-state index >= 15 is 0 Å². The van der Waals surface area contributed by atoms with Crippen LogP contribution in [0, 0.1) is 17.1 Å². The lowest BCUT2D eigenvalue weighted by molar-refractivity contribution is 0.286. The predicted octanol–water partition coefficient (Wildman–Crippen LogP) is 2.74. The summed E-state index contributed by atoms with van der Waals surface area (Å²) in [6.07, 6.45) is 0. The number of methoxy groups -OCH3 is 1. The Labute approximate surface area is 122 Å². The molecule has 0 aromatic heterocycles. The lowest BCUT2D eigenvalue weighted by Gasteiger charge is -2.12. The van der Waals surface area contributed by atoms with Crippen molar-refractivity contribution in [3.05, 3.63) is 58.9 Å². The second kappa shape index (κ2) is 6.73. The Kier molecular flexibility index (Phi) is 4.75. The maximum atomic E-state index is 13.8. The molecular weight excluding hydrogens is 271 g/mol. The van der Waals surface area contributed by atoms with Crippen molar-refractivity contribution < 1.29 is 13.9 Å². The second-order valence-corrected chi connectivity index (χ2v) is 4.37. The van der Waals surface area contributed by atoms with E-state index in [1.807, 2.05) is 6.07 Å². The standard InChI is InChI=1S/C16H15FN2O2/c1-20-15-6-5-11(7-13(15)9-19)10-21-16-12(8-18)3-2-4-14(16)17/h2-7H,8,10,18H2,1H3. The van der Waals surface area contributed by atoms with E-state index in [2.05, 4.69) is 0 Å². The summed E-state index contributed by atoms with van der Waals surface area (Å²) >= 11 is 0. The van der Waals surface area contributed by atoms with E-state index in [-0.39, 0.29) is 18.9 Å². The van der Waals surface area contributed by atoms with Gasteiger partial charge >= 0.3 is 0 Å². The van der Waals surface area contributed by atoms with Crippen molar-refractivity contribution in [2.75, 3.05) is 7.11 Å². The molecule has 0 aliphatic carbocycles. The largest absolute Gasteiger partial charge is 0.495 e. The highest BCUT2D eigenvalue weighted by atomic mass is 19.1. The van der Waals surface area contributed by atoms with Crippen LogP contribution < -0.4 is 15.2 Å². The highest BCUT2D eigenvalue weighted by molar-refractivity contribution is 5.45. The lowest BCUT2D eigenvalue weighted by Crippen LogP contribution is -2.05. The average molecular weight is 286 g/mol. The van der Waals surface area contributed by atoms with E-state index in [4.69, 9.17) is 20.5 Å². The normalized spacial score (nSPS) is 10.0. The van der Waals surface area contributed by atoms with Crippen molar-refractivity contribution in [1.29, 1.82) is 5.26 Å². The van der Waals surface area contributed by atoms with Crippen molar-refractivity contribution in [1.82, 2.24) is 0 Å². The molecule has 0 bridgehead atoms. The van der Waals surface area contributed by atoms with Crippen LogP contribution in [0.25, 0.3) is 0 Å². The molecule has 0 fully saturated rings.